The Morgan fingerprint density at radius 2 is 1.97 bits per heavy atom. The zero-order chi connectivity index (χ0) is 22.2. The molecule has 1 N–H and O–H groups in total. The van der Waals surface area contributed by atoms with E-state index in [4.69, 9.17) is 4.43 Å². The highest BCUT2D eigenvalue weighted by molar-refractivity contribution is 7.89. The van der Waals surface area contributed by atoms with Crippen molar-refractivity contribution in [2.75, 3.05) is 6.61 Å². The predicted octanol–water partition coefficient (Wildman–Crippen LogP) is 5.21. The number of nitrogens with zero attached hydrogens (tertiary/aromatic N) is 1. The van der Waals surface area contributed by atoms with Crippen LogP contribution in [0.5, 0.6) is 0 Å². The second-order valence-corrected chi connectivity index (χ2v) is 17.1. The number of nitrogens with one attached hydrogen (secondary N) is 1. The molecule has 3 aromatic rings. The summed E-state index contributed by atoms with van der Waals surface area (Å²) < 4.78 is 36.2. The molecule has 0 aliphatic rings. The van der Waals surface area contributed by atoms with E-state index in [0.29, 0.717) is 4.88 Å². The van der Waals surface area contributed by atoms with Crippen molar-refractivity contribution in [3.8, 4) is 0 Å². The molecule has 0 bridgehead atoms. The van der Waals surface area contributed by atoms with Crippen LogP contribution in [-0.4, -0.2) is 34.6 Å². The summed E-state index contributed by atoms with van der Waals surface area (Å²) in [5.74, 6) is 0. The highest BCUT2D eigenvalue weighted by Gasteiger charge is 2.38. The van der Waals surface area contributed by atoms with E-state index in [1.165, 1.54) is 22.7 Å². The summed E-state index contributed by atoms with van der Waals surface area (Å²) in [5, 5.41) is -0.00294. The van der Waals surface area contributed by atoms with Crippen LogP contribution in [0.2, 0.25) is 18.1 Å². The highest BCUT2D eigenvalue weighted by atomic mass is 32.2. The lowest BCUT2D eigenvalue weighted by Gasteiger charge is -2.37. The molecule has 0 saturated heterocycles. The van der Waals surface area contributed by atoms with Crippen molar-refractivity contribution in [1.29, 1.82) is 0 Å². The molecular weight excluding hydrogens is 457 g/mol. The van der Waals surface area contributed by atoms with E-state index in [1.807, 2.05) is 0 Å². The second-order valence-electron chi connectivity index (χ2n) is 8.59. The summed E-state index contributed by atoms with van der Waals surface area (Å²) in [6.45, 7) is 10.9. The molecule has 1 aromatic carbocycles. The Kier molecular flexibility index (Phi) is 6.66. The van der Waals surface area contributed by atoms with Crippen LogP contribution in [0, 0.1) is 0 Å². The molecule has 10 heteroatoms. The number of aromatic nitrogens is 1. The minimum atomic E-state index is -3.79. The number of hydrogen-bond donors (Lipinski definition) is 1. The lowest BCUT2D eigenvalue weighted by atomic mass is 10.2. The van der Waals surface area contributed by atoms with Gasteiger partial charge >= 0.3 is 0 Å². The van der Waals surface area contributed by atoms with E-state index < -0.39 is 24.4 Å². The van der Waals surface area contributed by atoms with E-state index in [2.05, 4.69) is 43.6 Å². The van der Waals surface area contributed by atoms with Crippen molar-refractivity contribution in [3.05, 3.63) is 45.6 Å². The fourth-order valence-electron chi connectivity index (χ4n) is 2.56. The summed E-state index contributed by atoms with van der Waals surface area (Å²) in [6.07, 6.45) is 0.770. The molecule has 162 valence electrons. The van der Waals surface area contributed by atoms with Gasteiger partial charge in [0.2, 0.25) is 10.0 Å². The maximum atomic E-state index is 13.1. The molecule has 2 heterocycles. The van der Waals surface area contributed by atoms with Crippen LogP contribution in [0.25, 0.3) is 10.2 Å². The van der Waals surface area contributed by atoms with Crippen molar-refractivity contribution in [2.24, 2.45) is 0 Å². The standard InChI is InChI=1S/C20H26N2O4S3Si/c1-20(2,3)30(4,5)26-12-17(18-9-6-14(11-23)28-18)22-29(24,25)15-7-8-16-19(10-15)27-13-21-16/h6-11,13,17,22H,12H2,1-5H3/t17-/m1/s1. The van der Waals surface area contributed by atoms with Gasteiger partial charge in [-0.15, -0.1) is 22.7 Å². The Balaban J connectivity index is 1.89. The minimum Gasteiger partial charge on any atom is -0.415 e. The predicted molar refractivity (Wildman–Crippen MR) is 126 cm³/mol. The Labute approximate surface area is 186 Å². The Hall–Kier alpha value is -1.43. The van der Waals surface area contributed by atoms with Crippen molar-refractivity contribution < 1.29 is 17.6 Å². The van der Waals surface area contributed by atoms with Crippen molar-refractivity contribution in [2.45, 2.75) is 49.8 Å². The molecule has 0 saturated carbocycles. The van der Waals surface area contributed by atoms with Crippen LogP contribution in [0.3, 0.4) is 0 Å². The third-order valence-electron chi connectivity index (χ3n) is 5.43. The maximum absolute atomic E-state index is 13.1. The molecule has 0 spiro atoms. The molecule has 0 aliphatic carbocycles. The first kappa shape index (κ1) is 23.2. The normalized spacial score (nSPS) is 14.2. The third-order valence-corrected chi connectivity index (χ3v) is 13.3. The van der Waals surface area contributed by atoms with Crippen LogP contribution in [0.4, 0.5) is 0 Å². The first-order valence-corrected chi connectivity index (χ1v) is 15.6. The van der Waals surface area contributed by atoms with E-state index in [0.717, 1.165) is 21.4 Å². The van der Waals surface area contributed by atoms with Crippen LogP contribution in [0.1, 0.15) is 41.4 Å². The van der Waals surface area contributed by atoms with Gasteiger partial charge in [0.25, 0.3) is 0 Å². The molecular formula is C20H26N2O4S3Si. The summed E-state index contributed by atoms with van der Waals surface area (Å²) >= 11 is 2.67. The van der Waals surface area contributed by atoms with Crippen LogP contribution in [0.15, 0.2) is 40.7 Å². The summed E-state index contributed by atoms with van der Waals surface area (Å²) in [5.41, 5.74) is 2.46. The van der Waals surface area contributed by atoms with Gasteiger partial charge in [-0.25, -0.2) is 18.1 Å². The summed E-state index contributed by atoms with van der Waals surface area (Å²) in [4.78, 5) is 16.8. The first-order chi connectivity index (χ1) is 13.9. The number of rotatable bonds is 8. The number of thiazole rings is 1. The van der Waals surface area contributed by atoms with Gasteiger partial charge < -0.3 is 4.43 Å². The van der Waals surface area contributed by atoms with Gasteiger partial charge in [-0.1, -0.05) is 20.8 Å². The minimum absolute atomic E-state index is 0.00294. The van der Waals surface area contributed by atoms with Crippen LogP contribution in [-0.2, 0) is 14.4 Å². The van der Waals surface area contributed by atoms with Gasteiger partial charge in [-0.3, -0.25) is 4.79 Å². The zero-order valence-corrected chi connectivity index (χ0v) is 21.1. The number of fused-ring (bicyclic) bond motifs is 1. The summed E-state index contributed by atoms with van der Waals surface area (Å²) in [6, 6.07) is 7.79. The Morgan fingerprint density at radius 3 is 2.60 bits per heavy atom. The number of carbonyl (C=O) groups is 1. The van der Waals surface area contributed by atoms with Gasteiger partial charge in [-0.05, 0) is 48.5 Å². The van der Waals surface area contributed by atoms with Gasteiger partial charge in [0.15, 0.2) is 14.6 Å². The topological polar surface area (TPSA) is 85.4 Å². The maximum Gasteiger partial charge on any atom is 0.241 e. The molecule has 0 amide bonds. The molecule has 3 rings (SSSR count). The van der Waals surface area contributed by atoms with Gasteiger partial charge in [-0.2, -0.15) is 0 Å². The second kappa shape index (κ2) is 8.60. The lowest BCUT2D eigenvalue weighted by molar-refractivity contribution is 0.112. The molecule has 0 unspecified atom stereocenters. The van der Waals surface area contributed by atoms with E-state index in [-0.39, 0.29) is 16.5 Å². The summed E-state index contributed by atoms with van der Waals surface area (Å²) in [7, 11) is -5.89. The van der Waals surface area contributed by atoms with Gasteiger partial charge in [0, 0.05) is 4.88 Å². The number of sulfonamides is 1. The van der Waals surface area contributed by atoms with Crippen LogP contribution < -0.4 is 4.72 Å². The average molecular weight is 483 g/mol. The quantitative estimate of drug-likeness (QED) is 0.352. The van der Waals surface area contributed by atoms with E-state index in [1.54, 1.807) is 35.8 Å². The lowest BCUT2D eigenvalue weighted by Crippen LogP contribution is -2.43. The van der Waals surface area contributed by atoms with Gasteiger partial charge in [0.05, 0.1) is 38.1 Å². The van der Waals surface area contributed by atoms with Crippen molar-refractivity contribution in [3.63, 3.8) is 0 Å². The molecule has 0 radical (unpaired) electrons. The molecule has 0 fully saturated rings. The highest BCUT2D eigenvalue weighted by Crippen LogP contribution is 2.37. The fourth-order valence-corrected chi connectivity index (χ4v) is 6.53. The SMILES string of the molecule is CC(C)(C)[Si](C)(C)OC[C@@H](NS(=O)(=O)c1ccc2ncsc2c1)c1ccc(C=O)s1. The van der Waals surface area contributed by atoms with Crippen LogP contribution >= 0.6 is 22.7 Å². The molecule has 1 atom stereocenters. The smallest absolute Gasteiger partial charge is 0.241 e. The van der Waals surface area contributed by atoms with E-state index in [9.17, 15) is 13.2 Å². The molecule has 6 nitrogen and oxygen atoms in total. The Bertz CT molecular complexity index is 1150. The molecule has 2 aromatic heterocycles. The zero-order valence-electron chi connectivity index (χ0n) is 17.6. The number of hydrogen-bond acceptors (Lipinski definition) is 7. The fraction of sp³-hybridized carbons (Fsp3) is 0.400. The molecule has 30 heavy (non-hydrogen) atoms. The number of benzene rings is 1. The number of aldehydes is 1. The van der Waals surface area contributed by atoms with Crippen molar-refractivity contribution >= 4 is 57.5 Å². The third kappa shape index (κ3) is 5.06. The first-order valence-electron chi connectivity index (χ1n) is 9.47. The average Bonchev–Trinajstić information content (AvgIpc) is 3.32. The van der Waals surface area contributed by atoms with Gasteiger partial charge in [0.1, 0.15) is 0 Å². The monoisotopic (exact) mass is 482 g/mol. The Morgan fingerprint density at radius 1 is 1.23 bits per heavy atom. The van der Waals surface area contributed by atoms with E-state index >= 15 is 0 Å². The number of thiophene rings is 1. The van der Waals surface area contributed by atoms with Crippen molar-refractivity contribution in [1.82, 2.24) is 9.71 Å². The molecule has 0 aliphatic heterocycles. The number of carbonyl (C=O) groups excluding carboxylic acids is 1. The largest absolute Gasteiger partial charge is 0.415 e.